The average Bonchev–Trinajstić information content (AvgIpc) is 1.79. The molecule has 17 rings (SSSR count). The summed E-state index contributed by atoms with van der Waals surface area (Å²) in [5.41, 5.74) is 8.27. The van der Waals surface area contributed by atoms with E-state index in [0.717, 1.165) is 195 Å². The van der Waals surface area contributed by atoms with Crippen molar-refractivity contribution in [2.45, 2.75) is 82.6 Å². The number of rotatable bonds is 14. The molecule has 2 saturated heterocycles. The largest absolute Gasteiger partial charge is 0.461 e. The van der Waals surface area contributed by atoms with Crippen molar-refractivity contribution in [3.8, 4) is 90.7 Å². The summed E-state index contributed by atoms with van der Waals surface area (Å²) in [4.78, 5) is 87.5. The number of carbonyl (C=O) groups is 3. The predicted molar refractivity (Wildman–Crippen MR) is 428 cm³/mol. The zero-order valence-electron chi connectivity index (χ0n) is 64.8. The van der Waals surface area contributed by atoms with Gasteiger partial charge in [-0.2, -0.15) is 0 Å². The number of piperazine rings is 1. The molecule has 2 aromatic carbocycles. The highest BCUT2D eigenvalue weighted by Gasteiger charge is 2.17. The van der Waals surface area contributed by atoms with E-state index in [1.807, 2.05) is 207 Å². The maximum Gasteiger partial charge on any atom is 0.225 e. The second-order valence-corrected chi connectivity index (χ2v) is 26.2. The van der Waals surface area contributed by atoms with Crippen LogP contribution in [0, 0.1) is 55.4 Å². The fourth-order valence-corrected chi connectivity index (χ4v) is 11.0. The molecule has 2 aliphatic heterocycles. The zero-order chi connectivity index (χ0) is 79.6. The fraction of sp³-hybridized carbons (Fsp3) is 0.230. The van der Waals surface area contributed by atoms with Crippen molar-refractivity contribution >= 4 is 29.2 Å². The molecule has 0 unspecified atom stereocenters. The first-order valence-electron chi connectivity index (χ1n) is 36.5. The standard InChI is InChI=1S/C15H12N2O.C14H14O2.C13H16N4O.C13H15N3O2.2C11H10N2O2.C10H10N2O/c1-11-7-8-14(18-11)13-9-16-15(17-10-13)12-5-3-2-4-6-12;1-10(15)9-12-4-6-13(7-5-12)14-8-3-11(2)16-14;1-10-2-3-12(18-10)11-8-15-13(16-9-11)17-6-4-14-5-7-17;1-10-2-3-12(18-10)11-8-14-13(15-9-11)16-4-6-17-7-5-16;2*1-7-3-4-10(15-7)9-5-12-11(8(2)14)13-6-9;1-7-3-4-10(13-7)9-5-11-8(2)12-6-9/h2-10H,1H3;3-8H,9H2,1-2H3;2-3,8-9,14H,4-7H2,1H3;2-3,8-9H,4-7H2,1H3;2*3-6H,1-2H3;3-6H,1-2H3. The first-order chi connectivity index (χ1) is 54.7. The Morgan fingerprint density at radius 1 is 0.319 bits per heavy atom. The Labute approximate surface area is 654 Å². The molecule has 15 aromatic rings. The highest BCUT2D eigenvalue weighted by Crippen LogP contribution is 2.28. The summed E-state index contributed by atoms with van der Waals surface area (Å²) < 4.78 is 43.7. The quantitative estimate of drug-likeness (QED) is 0.0988. The van der Waals surface area contributed by atoms with Crippen LogP contribution < -0.4 is 15.1 Å². The molecule has 0 spiro atoms. The van der Waals surface area contributed by atoms with E-state index in [0.29, 0.717) is 17.9 Å². The Bertz CT molecular complexity index is 5250. The lowest BCUT2D eigenvalue weighted by molar-refractivity contribution is -0.116. The number of furan rings is 7. The van der Waals surface area contributed by atoms with Crippen LogP contribution in [0.1, 0.15) is 93.7 Å². The van der Waals surface area contributed by atoms with Gasteiger partial charge < -0.3 is 50.8 Å². The number of nitrogens with one attached hydrogen (secondary N) is 1. The van der Waals surface area contributed by atoms with E-state index >= 15 is 0 Å². The van der Waals surface area contributed by atoms with Gasteiger partial charge in [0.05, 0.1) is 46.6 Å². The van der Waals surface area contributed by atoms with E-state index in [1.165, 1.54) is 13.8 Å². The zero-order valence-corrected chi connectivity index (χ0v) is 64.8. The average molecular weight is 1520 g/mol. The molecule has 0 radical (unpaired) electrons. The van der Waals surface area contributed by atoms with E-state index in [2.05, 4.69) is 74.9 Å². The second kappa shape index (κ2) is 39.7. The van der Waals surface area contributed by atoms with Gasteiger partial charge in [0, 0.05) is 145 Å². The number of morpholine rings is 1. The fourth-order valence-electron chi connectivity index (χ4n) is 11.0. The second-order valence-electron chi connectivity index (χ2n) is 26.2. The van der Waals surface area contributed by atoms with E-state index in [-0.39, 0.29) is 29.0 Å². The minimum Gasteiger partial charge on any atom is -0.461 e. The third-order valence-corrected chi connectivity index (χ3v) is 16.9. The van der Waals surface area contributed by atoms with Crippen LogP contribution in [0.5, 0.6) is 0 Å². The molecule has 15 heterocycles. The van der Waals surface area contributed by atoms with Crippen molar-refractivity contribution in [3.05, 3.63) is 277 Å². The van der Waals surface area contributed by atoms with Crippen LogP contribution in [0.25, 0.3) is 90.7 Å². The highest BCUT2D eigenvalue weighted by molar-refractivity contribution is 5.90. The molecule has 0 aliphatic carbocycles. The van der Waals surface area contributed by atoms with E-state index in [4.69, 9.17) is 35.7 Å². The molecule has 1 N–H and O–H groups in total. The summed E-state index contributed by atoms with van der Waals surface area (Å²) >= 11 is 0. The number of benzene rings is 2. The topological polar surface area (TPSA) is 326 Å². The lowest BCUT2D eigenvalue weighted by atomic mass is 10.1. The Balaban J connectivity index is 0.000000131. The van der Waals surface area contributed by atoms with Crippen LogP contribution in [0.15, 0.2) is 245 Å². The number of anilines is 2. The number of ketones is 3. The van der Waals surface area contributed by atoms with Gasteiger partial charge in [-0.15, -0.1) is 0 Å². The van der Waals surface area contributed by atoms with Gasteiger partial charge in [-0.1, -0.05) is 54.6 Å². The third-order valence-electron chi connectivity index (χ3n) is 16.9. The molecule has 2 aliphatic rings. The van der Waals surface area contributed by atoms with Crippen molar-refractivity contribution in [3.63, 3.8) is 0 Å². The molecule has 0 atom stereocenters. The summed E-state index contributed by atoms with van der Waals surface area (Å²) in [7, 11) is 0. The maximum atomic E-state index is 11.0. The van der Waals surface area contributed by atoms with E-state index in [1.54, 1.807) is 68.9 Å². The number of nitrogens with zero attached hydrogens (tertiary/aromatic N) is 14. The summed E-state index contributed by atoms with van der Waals surface area (Å²) in [5.74, 6) is 15.1. The van der Waals surface area contributed by atoms with Gasteiger partial charge in [0.15, 0.2) is 29.0 Å². The minimum absolute atomic E-state index is 0.142. The highest BCUT2D eigenvalue weighted by atomic mass is 16.5. The lowest BCUT2D eigenvalue weighted by Crippen LogP contribution is -2.44. The lowest BCUT2D eigenvalue weighted by Gasteiger charge is -2.27. The summed E-state index contributed by atoms with van der Waals surface area (Å²) in [6, 6.07) is 44.6. The number of ether oxygens (including phenoxy) is 1. The van der Waals surface area contributed by atoms with Crippen LogP contribution in [-0.4, -0.2) is 130 Å². The maximum absolute atomic E-state index is 11.0. The monoisotopic (exact) mass is 1520 g/mol. The van der Waals surface area contributed by atoms with Crippen LogP contribution in [0.3, 0.4) is 0 Å². The minimum atomic E-state index is -0.142. The molecule has 576 valence electrons. The Morgan fingerprint density at radius 2 is 0.611 bits per heavy atom. The number of aromatic nitrogens is 12. The number of hydrogen-bond acceptors (Lipinski definition) is 26. The van der Waals surface area contributed by atoms with Crippen molar-refractivity contribution in [1.29, 1.82) is 0 Å². The van der Waals surface area contributed by atoms with Gasteiger partial charge in [0.2, 0.25) is 11.9 Å². The van der Waals surface area contributed by atoms with Gasteiger partial charge in [0.25, 0.3) is 0 Å². The van der Waals surface area contributed by atoms with Crippen LogP contribution in [-0.2, 0) is 16.0 Å². The molecule has 0 saturated carbocycles. The third kappa shape index (κ3) is 24.0. The first kappa shape index (κ1) is 80.4. The molecule has 113 heavy (non-hydrogen) atoms. The number of hydrogen-bond donors (Lipinski definition) is 1. The van der Waals surface area contributed by atoms with Gasteiger partial charge in [-0.3, -0.25) is 14.4 Å². The Hall–Kier alpha value is -13.6. The SMILES string of the molecule is CC(=O)Cc1ccc(-c2ccc(C)o2)cc1.CC(=O)c1ncc(-c2ccc(C)o2)cn1.CC(=O)c1ncc(-c2ccc(C)o2)cn1.Cc1ccc(-c2cnc(-c3ccccc3)nc2)o1.Cc1ccc(-c2cnc(N3CCNCC3)nc2)o1.Cc1ccc(-c2cnc(N3CCOCC3)nc2)o1.Cc1ncc(-c2ccc(C)o2)cn1. The number of carbonyl (C=O) groups excluding carboxylic acids is 3. The van der Waals surface area contributed by atoms with E-state index in [9.17, 15) is 14.4 Å². The molecule has 26 nitrogen and oxygen atoms in total. The first-order valence-corrected chi connectivity index (χ1v) is 36.5. The van der Waals surface area contributed by atoms with Crippen molar-refractivity contribution in [1.82, 2.24) is 65.1 Å². The van der Waals surface area contributed by atoms with Crippen molar-refractivity contribution in [2.24, 2.45) is 0 Å². The molecule has 26 heteroatoms. The molecule has 0 bridgehead atoms. The van der Waals surface area contributed by atoms with Gasteiger partial charge >= 0.3 is 0 Å². The Morgan fingerprint density at radius 3 is 0.912 bits per heavy atom. The molecule has 2 fully saturated rings. The van der Waals surface area contributed by atoms with Crippen LogP contribution >= 0.6 is 0 Å². The molecular formula is C87H87N15O11. The summed E-state index contributed by atoms with van der Waals surface area (Å²) in [6.07, 6.45) is 21.2. The van der Waals surface area contributed by atoms with Gasteiger partial charge in [-0.25, -0.2) is 59.8 Å². The van der Waals surface area contributed by atoms with Crippen molar-refractivity contribution < 1.29 is 50.0 Å². The molecule has 0 amide bonds. The Kier molecular flexibility index (Phi) is 28.2. The van der Waals surface area contributed by atoms with Gasteiger partial charge in [-0.05, 0) is 153 Å². The van der Waals surface area contributed by atoms with E-state index < -0.39 is 0 Å². The van der Waals surface area contributed by atoms with Crippen LogP contribution in [0.2, 0.25) is 0 Å². The smallest absolute Gasteiger partial charge is 0.225 e. The molecule has 13 aromatic heterocycles. The summed E-state index contributed by atoms with van der Waals surface area (Å²) in [6.45, 7) is 26.7. The molecular weight excluding hydrogens is 1430 g/mol. The number of aryl methyl sites for hydroxylation is 8. The van der Waals surface area contributed by atoms with Gasteiger partial charge in [0.1, 0.15) is 92.3 Å². The number of Topliss-reactive ketones (excluding diaryl/α,β-unsaturated/α-hetero) is 3. The summed E-state index contributed by atoms with van der Waals surface area (Å²) in [5, 5.41) is 3.31. The van der Waals surface area contributed by atoms with Crippen molar-refractivity contribution in [2.75, 3.05) is 62.3 Å². The predicted octanol–water partition coefficient (Wildman–Crippen LogP) is 17.3. The van der Waals surface area contributed by atoms with Crippen LogP contribution in [0.4, 0.5) is 11.9 Å². The normalized spacial score (nSPS) is 12.1.